The molecular formula is C23H18O5. The molecule has 0 aliphatic rings. The maximum atomic E-state index is 12.5. The number of benzene rings is 3. The summed E-state index contributed by atoms with van der Waals surface area (Å²) in [5.41, 5.74) is 0.849. The zero-order valence-electron chi connectivity index (χ0n) is 15.3. The summed E-state index contributed by atoms with van der Waals surface area (Å²) in [6.07, 6.45) is 0.214. The minimum atomic E-state index is -0.644. The average molecular weight is 374 g/mol. The Morgan fingerprint density at radius 2 is 1.21 bits per heavy atom. The van der Waals surface area contributed by atoms with Gasteiger partial charge in [0, 0.05) is 6.42 Å². The first-order valence-electron chi connectivity index (χ1n) is 8.80. The molecule has 0 atom stereocenters. The summed E-state index contributed by atoms with van der Waals surface area (Å²) < 4.78 is 10.9. The summed E-state index contributed by atoms with van der Waals surface area (Å²) in [5.74, 6) is -1.54. The van der Waals surface area contributed by atoms with Crippen molar-refractivity contribution in [3.05, 3.63) is 95.6 Å². The fourth-order valence-corrected chi connectivity index (χ4v) is 2.57. The molecule has 0 fully saturated rings. The minimum Gasteiger partial charge on any atom is -0.419 e. The molecule has 3 rings (SSSR count). The number of carbonyl (C=O) groups is 3. The monoisotopic (exact) mass is 374 g/mol. The van der Waals surface area contributed by atoms with Crippen LogP contribution in [0.1, 0.15) is 44.4 Å². The average Bonchev–Trinajstić information content (AvgIpc) is 2.75. The van der Waals surface area contributed by atoms with Crippen molar-refractivity contribution in [3.8, 4) is 11.5 Å². The van der Waals surface area contributed by atoms with Gasteiger partial charge >= 0.3 is 11.9 Å². The molecule has 140 valence electrons. The standard InChI is InChI=1S/C23H18O5/c1-2-19(24)18-14-9-15-20(27-22(25)16-10-5-3-6-11-16)21(18)28-23(26)17-12-7-4-8-13-17/h3-15H,2H2,1H3. The number of esters is 2. The summed E-state index contributed by atoms with van der Waals surface area (Å²) in [5, 5.41) is 0. The van der Waals surface area contributed by atoms with Crippen LogP contribution >= 0.6 is 0 Å². The van der Waals surface area contributed by atoms with Gasteiger partial charge in [-0.3, -0.25) is 4.79 Å². The van der Waals surface area contributed by atoms with Crippen molar-refractivity contribution in [3.63, 3.8) is 0 Å². The van der Waals surface area contributed by atoms with Gasteiger partial charge in [0.2, 0.25) is 0 Å². The van der Waals surface area contributed by atoms with E-state index in [1.165, 1.54) is 6.07 Å². The molecule has 0 radical (unpaired) electrons. The van der Waals surface area contributed by atoms with E-state index in [-0.39, 0.29) is 29.3 Å². The van der Waals surface area contributed by atoms with Gasteiger partial charge in [-0.2, -0.15) is 0 Å². The number of ketones is 1. The molecule has 0 spiro atoms. The Morgan fingerprint density at radius 3 is 1.75 bits per heavy atom. The van der Waals surface area contributed by atoms with E-state index < -0.39 is 11.9 Å². The second kappa shape index (κ2) is 8.77. The third-order valence-corrected chi connectivity index (χ3v) is 4.02. The van der Waals surface area contributed by atoms with E-state index in [0.717, 1.165) is 0 Å². The Morgan fingerprint density at radius 1 is 0.679 bits per heavy atom. The van der Waals surface area contributed by atoms with Gasteiger partial charge in [-0.25, -0.2) is 9.59 Å². The second-order valence-electron chi connectivity index (χ2n) is 5.92. The Bertz CT molecular complexity index is 994. The first kappa shape index (κ1) is 19.0. The van der Waals surface area contributed by atoms with Crippen LogP contribution in [-0.2, 0) is 0 Å². The molecule has 3 aromatic carbocycles. The predicted octanol–water partition coefficient (Wildman–Crippen LogP) is 4.72. The van der Waals surface area contributed by atoms with E-state index in [2.05, 4.69) is 0 Å². The fourth-order valence-electron chi connectivity index (χ4n) is 2.57. The summed E-state index contributed by atoms with van der Waals surface area (Å²) in [6.45, 7) is 1.70. The molecule has 0 aliphatic heterocycles. The lowest BCUT2D eigenvalue weighted by Crippen LogP contribution is -2.15. The van der Waals surface area contributed by atoms with Gasteiger partial charge in [-0.15, -0.1) is 0 Å². The molecular weight excluding hydrogens is 356 g/mol. The van der Waals surface area contributed by atoms with E-state index in [1.54, 1.807) is 79.7 Å². The SMILES string of the molecule is CCC(=O)c1cccc(OC(=O)c2ccccc2)c1OC(=O)c1ccccc1. The molecule has 0 aromatic heterocycles. The Labute approximate surface area is 162 Å². The highest BCUT2D eigenvalue weighted by atomic mass is 16.6. The fraction of sp³-hybridized carbons (Fsp3) is 0.0870. The maximum absolute atomic E-state index is 12.5. The van der Waals surface area contributed by atoms with Gasteiger partial charge in [-0.1, -0.05) is 49.4 Å². The topological polar surface area (TPSA) is 69.7 Å². The molecule has 0 saturated carbocycles. The molecule has 0 saturated heterocycles. The predicted molar refractivity (Wildman–Crippen MR) is 104 cm³/mol. The van der Waals surface area contributed by atoms with Crippen LogP contribution in [0, 0.1) is 0 Å². The molecule has 5 nitrogen and oxygen atoms in total. The van der Waals surface area contributed by atoms with Crippen LogP contribution < -0.4 is 9.47 Å². The molecule has 0 bridgehead atoms. The van der Waals surface area contributed by atoms with Crippen molar-refractivity contribution in [2.75, 3.05) is 0 Å². The lowest BCUT2D eigenvalue weighted by atomic mass is 10.1. The number of rotatable bonds is 6. The van der Waals surface area contributed by atoms with Crippen LogP contribution in [0.25, 0.3) is 0 Å². The number of para-hydroxylation sites is 1. The number of hydrogen-bond donors (Lipinski definition) is 0. The number of Topliss-reactive ketones (excluding diaryl/α,β-unsaturated/α-hetero) is 1. The van der Waals surface area contributed by atoms with Crippen LogP contribution in [0.3, 0.4) is 0 Å². The highest BCUT2D eigenvalue weighted by molar-refractivity contribution is 6.02. The summed E-state index contributed by atoms with van der Waals surface area (Å²) in [4.78, 5) is 37.3. The molecule has 0 unspecified atom stereocenters. The van der Waals surface area contributed by atoms with Gasteiger partial charge in [0.15, 0.2) is 17.3 Å². The molecule has 0 amide bonds. The highest BCUT2D eigenvalue weighted by Gasteiger charge is 2.22. The zero-order valence-corrected chi connectivity index (χ0v) is 15.3. The lowest BCUT2D eigenvalue weighted by molar-refractivity contribution is 0.0679. The number of carbonyl (C=O) groups excluding carboxylic acids is 3. The third-order valence-electron chi connectivity index (χ3n) is 4.02. The van der Waals surface area contributed by atoms with Crippen LogP contribution in [-0.4, -0.2) is 17.7 Å². The number of ether oxygens (including phenoxy) is 2. The van der Waals surface area contributed by atoms with Gasteiger partial charge in [0.25, 0.3) is 0 Å². The smallest absolute Gasteiger partial charge is 0.343 e. The first-order chi connectivity index (χ1) is 13.6. The van der Waals surface area contributed by atoms with Crippen LogP contribution in [0.2, 0.25) is 0 Å². The molecule has 3 aromatic rings. The van der Waals surface area contributed by atoms with E-state index in [9.17, 15) is 14.4 Å². The van der Waals surface area contributed by atoms with E-state index >= 15 is 0 Å². The van der Waals surface area contributed by atoms with Gasteiger partial charge < -0.3 is 9.47 Å². The summed E-state index contributed by atoms with van der Waals surface area (Å²) in [7, 11) is 0. The largest absolute Gasteiger partial charge is 0.419 e. The first-order valence-corrected chi connectivity index (χ1v) is 8.80. The Hall–Kier alpha value is -3.73. The zero-order chi connectivity index (χ0) is 19.9. The Balaban J connectivity index is 1.96. The number of hydrogen-bond acceptors (Lipinski definition) is 5. The molecule has 0 N–H and O–H groups in total. The highest BCUT2D eigenvalue weighted by Crippen LogP contribution is 2.33. The maximum Gasteiger partial charge on any atom is 0.343 e. The van der Waals surface area contributed by atoms with Crippen LogP contribution in [0.5, 0.6) is 11.5 Å². The van der Waals surface area contributed by atoms with Gasteiger partial charge in [0.1, 0.15) is 0 Å². The van der Waals surface area contributed by atoms with E-state index in [1.807, 2.05) is 0 Å². The van der Waals surface area contributed by atoms with Gasteiger partial charge in [-0.05, 0) is 36.4 Å². The van der Waals surface area contributed by atoms with Crippen molar-refractivity contribution in [2.45, 2.75) is 13.3 Å². The van der Waals surface area contributed by atoms with Crippen molar-refractivity contribution >= 4 is 17.7 Å². The van der Waals surface area contributed by atoms with Crippen molar-refractivity contribution in [2.24, 2.45) is 0 Å². The van der Waals surface area contributed by atoms with Crippen molar-refractivity contribution < 1.29 is 23.9 Å². The Kier molecular flexibility index (Phi) is 5.97. The normalized spacial score (nSPS) is 10.2. The second-order valence-corrected chi connectivity index (χ2v) is 5.92. The lowest BCUT2D eigenvalue weighted by Gasteiger charge is -2.14. The van der Waals surface area contributed by atoms with Crippen LogP contribution in [0.4, 0.5) is 0 Å². The third kappa shape index (κ3) is 4.32. The van der Waals surface area contributed by atoms with Crippen molar-refractivity contribution in [1.29, 1.82) is 0 Å². The van der Waals surface area contributed by atoms with Gasteiger partial charge in [0.05, 0.1) is 16.7 Å². The van der Waals surface area contributed by atoms with Crippen LogP contribution in [0.15, 0.2) is 78.9 Å². The molecule has 0 aliphatic carbocycles. The molecule has 5 heteroatoms. The molecule has 28 heavy (non-hydrogen) atoms. The summed E-state index contributed by atoms with van der Waals surface area (Å²) in [6, 6.07) is 21.4. The summed E-state index contributed by atoms with van der Waals surface area (Å²) >= 11 is 0. The minimum absolute atomic E-state index is 0.0115. The molecule has 0 heterocycles. The van der Waals surface area contributed by atoms with Crippen molar-refractivity contribution in [1.82, 2.24) is 0 Å². The van der Waals surface area contributed by atoms with E-state index in [4.69, 9.17) is 9.47 Å². The quantitative estimate of drug-likeness (QED) is 0.355. The van der Waals surface area contributed by atoms with E-state index in [0.29, 0.717) is 11.1 Å².